The number of sulfonamides is 1. The summed E-state index contributed by atoms with van der Waals surface area (Å²) < 4.78 is 31.5. The van der Waals surface area contributed by atoms with Gasteiger partial charge in [-0.1, -0.05) is 20.8 Å². The van der Waals surface area contributed by atoms with E-state index in [4.69, 9.17) is 0 Å². The first-order valence-corrected chi connectivity index (χ1v) is 8.23. The fraction of sp³-hybridized carbons (Fsp3) is 0.636. The molecule has 0 saturated carbocycles. The normalized spacial score (nSPS) is 13.5. The van der Waals surface area contributed by atoms with E-state index < -0.39 is 16.0 Å². The lowest BCUT2D eigenvalue weighted by Gasteiger charge is -2.20. The average Bonchev–Trinajstić information content (AvgIpc) is 2.84. The van der Waals surface area contributed by atoms with Gasteiger partial charge in [-0.2, -0.15) is 0 Å². The van der Waals surface area contributed by atoms with Crippen molar-refractivity contribution >= 4 is 27.3 Å². The molecule has 1 N–H and O–H groups in total. The first kappa shape index (κ1) is 16.1. The summed E-state index contributed by atoms with van der Waals surface area (Å²) in [6, 6.07) is -0.183. The third-order valence-electron chi connectivity index (χ3n) is 2.71. The Bertz CT molecular complexity index is 537. The van der Waals surface area contributed by atoms with Gasteiger partial charge in [-0.25, -0.2) is 22.9 Å². The minimum absolute atomic E-state index is 0.0987. The van der Waals surface area contributed by atoms with Crippen LogP contribution in [0.15, 0.2) is 9.72 Å². The second-order valence-electron chi connectivity index (χ2n) is 4.36. The third kappa shape index (κ3) is 3.74. The molecule has 0 amide bonds. The third-order valence-corrected chi connectivity index (χ3v) is 5.57. The summed E-state index contributed by atoms with van der Waals surface area (Å²) in [7, 11) is -2.56. The highest BCUT2D eigenvalue weighted by Gasteiger charge is 2.29. The molecule has 108 valence electrons. The van der Waals surface area contributed by atoms with E-state index in [-0.39, 0.29) is 21.9 Å². The van der Waals surface area contributed by atoms with Crippen LogP contribution in [0.3, 0.4) is 0 Å². The van der Waals surface area contributed by atoms with E-state index in [0.717, 1.165) is 11.3 Å². The number of carbonyl (C=O) groups is 1. The topological polar surface area (TPSA) is 85.4 Å². The SMILES string of the molecule is CCC(NS(=O)(=O)c1scnc1C(=O)OC)C(C)C. The van der Waals surface area contributed by atoms with Gasteiger partial charge >= 0.3 is 5.97 Å². The molecule has 1 unspecified atom stereocenters. The van der Waals surface area contributed by atoms with Crippen molar-refractivity contribution in [2.75, 3.05) is 7.11 Å². The van der Waals surface area contributed by atoms with Crippen molar-refractivity contribution in [2.24, 2.45) is 5.92 Å². The quantitative estimate of drug-likeness (QED) is 0.808. The minimum Gasteiger partial charge on any atom is -0.464 e. The minimum atomic E-state index is -3.75. The molecule has 19 heavy (non-hydrogen) atoms. The van der Waals surface area contributed by atoms with Crippen molar-refractivity contribution in [1.82, 2.24) is 9.71 Å². The van der Waals surface area contributed by atoms with Crippen LogP contribution >= 0.6 is 11.3 Å². The summed E-state index contributed by atoms with van der Waals surface area (Å²) in [6.07, 6.45) is 0.670. The van der Waals surface area contributed by atoms with Crippen molar-refractivity contribution < 1.29 is 17.9 Å². The van der Waals surface area contributed by atoms with Crippen LogP contribution < -0.4 is 4.72 Å². The second kappa shape index (κ2) is 6.44. The molecule has 1 aromatic heterocycles. The molecule has 8 heteroatoms. The number of thiazole rings is 1. The number of nitrogens with one attached hydrogen (secondary N) is 1. The second-order valence-corrected chi connectivity index (χ2v) is 7.12. The molecule has 0 aliphatic carbocycles. The average molecular weight is 306 g/mol. The Labute approximate surface area is 117 Å². The van der Waals surface area contributed by atoms with Gasteiger partial charge in [-0.15, -0.1) is 11.3 Å². The molecule has 1 aromatic rings. The smallest absolute Gasteiger partial charge is 0.358 e. The van der Waals surface area contributed by atoms with Crippen LogP contribution in [0, 0.1) is 5.92 Å². The standard InChI is InChI=1S/C11H18N2O4S2/c1-5-8(7(2)3)13-19(15,16)11-9(10(14)17-4)12-6-18-11/h6-8,13H,5H2,1-4H3. The van der Waals surface area contributed by atoms with Crippen molar-refractivity contribution in [3.8, 4) is 0 Å². The first-order valence-electron chi connectivity index (χ1n) is 5.87. The van der Waals surface area contributed by atoms with E-state index in [1.807, 2.05) is 20.8 Å². The molecule has 0 bridgehead atoms. The Morgan fingerprint density at radius 1 is 1.53 bits per heavy atom. The Morgan fingerprint density at radius 3 is 2.63 bits per heavy atom. The van der Waals surface area contributed by atoms with Crippen LogP contribution in [0.5, 0.6) is 0 Å². The van der Waals surface area contributed by atoms with Crippen molar-refractivity contribution in [2.45, 2.75) is 37.4 Å². The lowest BCUT2D eigenvalue weighted by atomic mass is 10.0. The van der Waals surface area contributed by atoms with E-state index in [1.54, 1.807) is 0 Å². The van der Waals surface area contributed by atoms with Gasteiger partial charge in [0.2, 0.25) is 0 Å². The number of methoxy groups -OCH3 is 1. The fourth-order valence-corrected chi connectivity index (χ4v) is 4.22. The van der Waals surface area contributed by atoms with Gasteiger partial charge in [0, 0.05) is 6.04 Å². The van der Waals surface area contributed by atoms with Gasteiger partial charge in [-0.3, -0.25) is 0 Å². The predicted octanol–water partition coefficient (Wildman–Crippen LogP) is 1.64. The molecule has 0 saturated heterocycles. The largest absolute Gasteiger partial charge is 0.464 e. The maximum absolute atomic E-state index is 12.3. The van der Waals surface area contributed by atoms with Crippen LogP contribution in [-0.4, -0.2) is 32.5 Å². The molecule has 0 aliphatic rings. The zero-order valence-electron chi connectivity index (χ0n) is 11.3. The number of hydrogen-bond acceptors (Lipinski definition) is 6. The Morgan fingerprint density at radius 2 is 2.16 bits per heavy atom. The number of esters is 1. The van der Waals surface area contributed by atoms with Crippen LogP contribution in [0.25, 0.3) is 0 Å². The van der Waals surface area contributed by atoms with Gasteiger partial charge in [0.05, 0.1) is 12.6 Å². The molecule has 0 radical (unpaired) electrons. The number of aromatic nitrogens is 1. The monoisotopic (exact) mass is 306 g/mol. The van der Waals surface area contributed by atoms with Crippen LogP contribution in [-0.2, 0) is 14.8 Å². The van der Waals surface area contributed by atoms with E-state index in [0.29, 0.717) is 6.42 Å². The summed E-state index contributed by atoms with van der Waals surface area (Å²) in [4.78, 5) is 15.2. The number of ether oxygens (including phenoxy) is 1. The first-order chi connectivity index (χ1) is 8.83. The number of nitrogens with zero attached hydrogens (tertiary/aromatic N) is 1. The Balaban J connectivity index is 3.08. The van der Waals surface area contributed by atoms with E-state index in [1.165, 1.54) is 12.6 Å². The zero-order chi connectivity index (χ0) is 14.6. The zero-order valence-corrected chi connectivity index (χ0v) is 13.0. The maximum atomic E-state index is 12.3. The van der Waals surface area contributed by atoms with Crippen LogP contribution in [0.1, 0.15) is 37.7 Å². The van der Waals surface area contributed by atoms with Crippen LogP contribution in [0.4, 0.5) is 0 Å². The van der Waals surface area contributed by atoms with Gasteiger partial charge in [0.15, 0.2) is 9.90 Å². The molecular weight excluding hydrogens is 288 g/mol. The summed E-state index contributed by atoms with van der Waals surface area (Å²) in [5.74, 6) is -0.589. The highest BCUT2D eigenvalue weighted by molar-refractivity contribution is 7.91. The Hall–Kier alpha value is -0.990. The summed E-state index contributed by atoms with van der Waals surface area (Å²) in [6.45, 7) is 5.77. The molecule has 1 rings (SSSR count). The predicted molar refractivity (Wildman–Crippen MR) is 72.7 cm³/mol. The lowest BCUT2D eigenvalue weighted by Crippen LogP contribution is -2.38. The van der Waals surface area contributed by atoms with E-state index >= 15 is 0 Å². The molecule has 0 aromatic carbocycles. The lowest BCUT2D eigenvalue weighted by molar-refractivity contribution is 0.0590. The van der Waals surface area contributed by atoms with Crippen molar-refractivity contribution in [3.63, 3.8) is 0 Å². The van der Waals surface area contributed by atoms with Crippen molar-refractivity contribution in [3.05, 3.63) is 11.2 Å². The number of rotatable bonds is 6. The van der Waals surface area contributed by atoms with E-state index in [9.17, 15) is 13.2 Å². The molecule has 6 nitrogen and oxygen atoms in total. The van der Waals surface area contributed by atoms with Crippen molar-refractivity contribution in [1.29, 1.82) is 0 Å². The van der Waals surface area contributed by atoms with Gasteiger partial charge in [0.1, 0.15) is 0 Å². The summed E-state index contributed by atoms with van der Waals surface area (Å²) in [5.41, 5.74) is 1.15. The van der Waals surface area contributed by atoms with E-state index in [2.05, 4.69) is 14.4 Å². The molecule has 0 spiro atoms. The highest BCUT2D eigenvalue weighted by Crippen LogP contribution is 2.22. The molecule has 0 aliphatic heterocycles. The molecule has 1 atom stereocenters. The summed E-state index contributed by atoms with van der Waals surface area (Å²) >= 11 is 0.902. The molecule has 0 fully saturated rings. The maximum Gasteiger partial charge on any atom is 0.358 e. The van der Waals surface area contributed by atoms with Gasteiger partial charge < -0.3 is 4.74 Å². The Kier molecular flexibility index (Phi) is 5.45. The van der Waals surface area contributed by atoms with Crippen LogP contribution in [0.2, 0.25) is 0 Å². The number of hydrogen-bond donors (Lipinski definition) is 1. The highest BCUT2D eigenvalue weighted by atomic mass is 32.2. The number of carbonyl (C=O) groups excluding carboxylic acids is 1. The summed E-state index contributed by atoms with van der Waals surface area (Å²) in [5, 5.41) is 0. The molecular formula is C11H18N2O4S2. The fourth-order valence-electron chi connectivity index (χ4n) is 1.60. The van der Waals surface area contributed by atoms with Gasteiger partial charge in [-0.05, 0) is 12.3 Å². The van der Waals surface area contributed by atoms with Gasteiger partial charge in [0.25, 0.3) is 10.0 Å². The molecule has 1 heterocycles.